The molecule has 2 heteroatoms. The van der Waals surface area contributed by atoms with E-state index in [2.05, 4.69) is 196 Å². The van der Waals surface area contributed by atoms with Gasteiger partial charge in [-0.05, 0) is 143 Å². The van der Waals surface area contributed by atoms with Crippen molar-refractivity contribution < 1.29 is 8.83 Å². The summed E-state index contributed by atoms with van der Waals surface area (Å²) in [6.07, 6.45) is 0. The van der Waals surface area contributed by atoms with Crippen LogP contribution in [-0.2, 0) is 5.41 Å². The summed E-state index contributed by atoms with van der Waals surface area (Å²) in [6, 6.07) is 71.3. The third-order valence-corrected chi connectivity index (χ3v) is 14.3. The fraction of sp³-hybridized carbons (Fsp3) is 0.0492. The van der Waals surface area contributed by atoms with E-state index in [0.717, 1.165) is 54.6 Å². The number of furan rings is 2. The van der Waals surface area contributed by atoms with Crippen LogP contribution in [0.15, 0.2) is 203 Å². The molecular weight excluding hydrogens is 765 g/mol. The summed E-state index contributed by atoms with van der Waals surface area (Å²) in [5.41, 5.74) is 16.2. The van der Waals surface area contributed by atoms with E-state index in [4.69, 9.17) is 8.83 Å². The van der Waals surface area contributed by atoms with E-state index >= 15 is 0 Å². The molecule has 13 aromatic rings. The maximum Gasteiger partial charge on any atom is 0.143 e. The molecule has 0 atom stereocenters. The molecule has 0 saturated heterocycles. The number of para-hydroxylation sites is 1. The predicted octanol–water partition coefficient (Wildman–Crippen LogP) is 17.4. The molecule has 1 aliphatic carbocycles. The Hall–Kier alpha value is -7.94. The molecular formula is C61H38O2. The van der Waals surface area contributed by atoms with Crippen molar-refractivity contribution in [1.82, 2.24) is 0 Å². The molecule has 0 bridgehead atoms. The Kier molecular flexibility index (Phi) is 6.93. The second-order valence-corrected chi connectivity index (χ2v) is 17.9. The first-order valence-corrected chi connectivity index (χ1v) is 21.9. The van der Waals surface area contributed by atoms with Crippen molar-refractivity contribution in [2.45, 2.75) is 19.3 Å². The first-order chi connectivity index (χ1) is 31.0. The summed E-state index contributed by atoms with van der Waals surface area (Å²) in [6.45, 7) is 4.78. The molecule has 2 aromatic heterocycles. The van der Waals surface area contributed by atoms with Crippen LogP contribution < -0.4 is 0 Å². The summed E-state index contributed by atoms with van der Waals surface area (Å²) in [5, 5.41) is 14.2. The van der Waals surface area contributed by atoms with Gasteiger partial charge in [0.2, 0.25) is 0 Å². The summed E-state index contributed by atoms with van der Waals surface area (Å²) < 4.78 is 13.0. The largest absolute Gasteiger partial charge is 0.455 e. The summed E-state index contributed by atoms with van der Waals surface area (Å²) >= 11 is 0. The topological polar surface area (TPSA) is 26.3 Å². The van der Waals surface area contributed by atoms with Crippen LogP contribution in [0.4, 0.5) is 0 Å². The lowest BCUT2D eigenvalue weighted by atomic mass is 9.80. The molecule has 0 unspecified atom stereocenters. The third kappa shape index (κ3) is 4.78. The Labute approximate surface area is 363 Å². The predicted molar refractivity (Wildman–Crippen MR) is 265 cm³/mol. The van der Waals surface area contributed by atoms with Gasteiger partial charge in [0, 0.05) is 37.7 Å². The van der Waals surface area contributed by atoms with Crippen molar-refractivity contribution in [2.75, 3.05) is 0 Å². The van der Waals surface area contributed by atoms with Gasteiger partial charge in [0.15, 0.2) is 0 Å². The summed E-state index contributed by atoms with van der Waals surface area (Å²) in [4.78, 5) is 0. The molecule has 1 aliphatic rings. The molecule has 0 N–H and O–H groups in total. The smallest absolute Gasteiger partial charge is 0.143 e. The van der Waals surface area contributed by atoms with E-state index in [-0.39, 0.29) is 5.41 Å². The molecule has 11 aromatic carbocycles. The van der Waals surface area contributed by atoms with Gasteiger partial charge in [-0.1, -0.05) is 153 Å². The van der Waals surface area contributed by atoms with Crippen molar-refractivity contribution in [3.8, 4) is 44.5 Å². The van der Waals surface area contributed by atoms with Crippen LogP contribution in [0.1, 0.15) is 25.0 Å². The first kappa shape index (κ1) is 34.7. The van der Waals surface area contributed by atoms with Gasteiger partial charge in [-0.15, -0.1) is 0 Å². The molecule has 0 aliphatic heterocycles. The Balaban J connectivity index is 0.884. The van der Waals surface area contributed by atoms with E-state index in [9.17, 15) is 0 Å². The number of hydrogen-bond acceptors (Lipinski definition) is 2. The van der Waals surface area contributed by atoms with Gasteiger partial charge in [0.05, 0.1) is 0 Å². The highest BCUT2D eigenvalue weighted by atomic mass is 16.3. The zero-order chi connectivity index (χ0) is 41.6. The van der Waals surface area contributed by atoms with Crippen molar-refractivity contribution in [2.24, 2.45) is 0 Å². The highest BCUT2D eigenvalue weighted by Gasteiger charge is 2.36. The zero-order valence-electron chi connectivity index (χ0n) is 34.8. The molecule has 0 radical (unpaired) electrons. The molecule has 0 amide bonds. The van der Waals surface area contributed by atoms with Crippen LogP contribution in [0.3, 0.4) is 0 Å². The van der Waals surface area contributed by atoms with Crippen LogP contribution >= 0.6 is 0 Å². The number of benzene rings is 11. The molecule has 0 spiro atoms. The minimum Gasteiger partial charge on any atom is -0.455 e. The lowest BCUT2D eigenvalue weighted by Crippen LogP contribution is -2.15. The highest BCUT2D eigenvalue weighted by molar-refractivity contribution is 6.25. The van der Waals surface area contributed by atoms with Gasteiger partial charge < -0.3 is 8.83 Å². The maximum absolute atomic E-state index is 6.63. The van der Waals surface area contributed by atoms with Gasteiger partial charge in [-0.2, -0.15) is 0 Å². The minimum absolute atomic E-state index is 0.210. The third-order valence-electron chi connectivity index (χ3n) is 14.3. The van der Waals surface area contributed by atoms with E-state index in [1.165, 1.54) is 88.0 Å². The normalized spacial score (nSPS) is 13.4. The molecule has 0 saturated carbocycles. The fourth-order valence-electron chi connectivity index (χ4n) is 11.2. The highest BCUT2D eigenvalue weighted by Crippen LogP contribution is 2.53. The molecule has 2 heterocycles. The average molecular weight is 803 g/mol. The second kappa shape index (κ2) is 12.6. The van der Waals surface area contributed by atoms with Crippen molar-refractivity contribution in [3.05, 3.63) is 205 Å². The van der Waals surface area contributed by atoms with Gasteiger partial charge in [-0.3, -0.25) is 0 Å². The molecule has 63 heavy (non-hydrogen) atoms. The molecule has 0 fully saturated rings. The van der Waals surface area contributed by atoms with Gasteiger partial charge >= 0.3 is 0 Å². The van der Waals surface area contributed by atoms with Crippen LogP contribution in [-0.4, -0.2) is 0 Å². The monoisotopic (exact) mass is 802 g/mol. The van der Waals surface area contributed by atoms with Gasteiger partial charge in [-0.25, -0.2) is 0 Å². The standard InChI is InChI=1S/C61H38O2/c1-61(2)53-33-37(36-24-31-56-52(32-36)51-30-29-49-50(60(51)63-56)28-27-48-42-15-9-10-21-55(42)62-59(48)49)22-25-40(53)41-26-23-38(34-54(41)61)57-44-16-5-7-18-46(44)58(47-19-8-6-17-45(47)57)43-20-11-13-35-12-3-4-14-39(35)43/h3-34H,1-2H3. The van der Waals surface area contributed by atoms with E-state index in [0.29, 0.717) is 0 Å². The van der Waals surface area contributed by atoms with Crippen LogP contribution in [0.5, 0.6) is 0 Å². The van der Waals surface area contributed by atoms with Crippen LogP contribution in [0.2, 0.25) is 0 Å². The first-order valence-electron chi connectivity index (χ1n) is 21.9. The lowest BCUT2D eigenvalue weighted by molar-refractivity contribution is 0.661. The second-order valence-electron chi connectivity index (χ2n) is 17.9. The fourth-order valence-corrected chi connectivity index (χ4v) is 11.2. The van der Waals surface area contributed by atoms with Crippen molar-refractivity contribution in [3.63, 3.8) is 0 Å². The van der Waals surface area contributed by atoms with E-state index in [1.54, 1.807) is 0 Å². The van der Waals surface area contributed by atoms with Gasteiger partial charge in [0.1, 0.15) is 22.3 Å². The number of fused-ring (bicyclic) bond motifs is 15. The van der Waals surface area contributed by atoms with Crippen LogP contribution in [0.25, 0.3) is 131 Å². The minimum atomic E-state index is -0.210. The van der Waals surface area contributed by atoms with E-state index < -0.39 is 0 Å². The SMILES string of the molecule is CC1(C)c2cc(-c3ccc4oc5c(ccc6c5ccc5c7ccccc7oc56)c4c3)ccc2-c2ccc(-c3c4ccccc4c(-c4cccc5ccccc45)c4ccccc34)cc21. The number of hydrogen-bond donors (Lipinski definition) is 0. The quantitative estimate of drug-likeness (QED) is 0.166. The molecule has 14 rings (SSSR count). The molecule has 294 valence electrons. The number of rotatable bonds is 3. The summed E-state index contributed by atoms with van der Waals surface area (Å²) in [5.74, 6) is 0. The Bertz CT molecular complexity index is 4060. The molecule has 2 nitrogen and oxygen atoms in total. The Morgan fingerprint density at radius 1 is 0.302 bits per heavy atom. The zero-order valence-corrected chi connectivity index (χ0v) is 34.8. The van der Waals surface area contributed by atoms with Gasteiger partial charge in [0.25, 0.3) is 0 Å². The van der Waals surface area contributed by atoms with Crippen molar-refractivity contribution in [1.29, 1.82) is 0 Å². The average Bonchev–Trinajstić information content (AvgIpc) is 3.98. The Morgan fingerprint density at radius 3 is 1.43 bits per heavy atom. The van der Waals surface area contributed by atoms with Crippen molar-refractivity contribution >= 4 is 87.0 Å². The Morgan fingerprint density at radius 2 is 0.762 bits per heavy atom. The summed E-state index contributed by atoms with van der Waals surface area (Å²) in [7, 11) is 0. The van der Waals surface area contributed by atoms with Crippen LogP contribution in [0, 0.1) is 0 Å². The lowest BCUT2D eigenvalue weighted by Gasteiger charge is -2.23. The maximum atomic E-state index is 6.63. The van der Waals surface area contributed by atoms with E-state index in [1.807, 2.05) is 12.1 Å².